The summed E-state index contributed by atoms with van der Waals surface area (Å²) >= 11 is 7.73. The van der Waals surface area contributed by atoms with E-state index in [1.807, 2.05) is 44.2 Å². The van der Waals surface area contributed by atoms with Crippen LogP contribution in [0.4, 0.5) is 0 Å². The number of halogens is 1. The van der Waals surface area contributed by atoms with Gasteiger partial charge in [-0.25, -0.2) is 4.98 Å². The lowest BCUT2D eigenvalue weighted by atomic mass is 9.96. The summed E-state index contributed by atoms with van der Waals surface area (Å²) in [4.78, 5) is 18.3. The van der Waals surface area contributed by atoms with Gasteiger partial charge in [-0.2, -0.15) is 4.37 Å². The third kappa shape index (κ3) is 6.12. The number of nitrogens with zero attached hydrogens (tertiary/aromatic N) is 3. The first-order valence-electron chi connectivity index (χ1n) is 11.8. The fraction of sp³-hybridized carbons (Fsp3) is 0.423. The van der Waals surface area contributed by atoms with Gasteiger partial charge in [0, 0.05) is 12.1 Å². The summed E-state index contributed by atoms with van der Waals surface area (Å²) in [5.41, 5.74) is 2.82. The molecule has 35 heavy (non-hydrogen) atoms. The van der Waals surface area contributed by atoms with E-state index in [2.05, 4.69) is 15.3 Å². The fourth-order valence-corrected chi connectivity index (χ4v) is 5.21. The molecular weight excluding hydrogens is 486 g/mol. The molecule has 1 N–H and O–H groups in total. The van der Waals surface area contributed by atoms with Gasteiger partial charge in [0.2, 0.25) is 0 Å². The number of hydrogen-bond acceptors (Lipinski definition) is 7. The molecule has 2 aromatic carbocycles. The second kappa shape index (κ2) is 11.4. The van der Waals surface area contributed by atoms with Gasteiger partial charge in [0.05, 0.1) is 29.7 Å². The molecule has 7 nitrogen and oxygen atoms in total. The van der Waals surface area contributed by atoms with Crippen LogP contribution in [0.2, 0.25) is 5.02 Å². The molecule has 1 aliphatic rings. The van der Waals surface area contributed by atoms with Crippen molar-refractivity contribution >= 4 is 29.1 Å². The molecule has 186 valence electrons. The van der Waals surface area contributed by atoms with E-state index in [0.29, 0.717) is 29.4 Å². The van der Waals surface area contributed by atoms with Gasteiger partial charge in [-0.1, -0.05) is 23.7 Å². The summed E-state index contributed by atoms with van der Waals surface area (Å²) in [6, 6.07) is 11.7. The topological polar surface area (TPSA) is 84.8 Å². The molecule has 0 aliphatic carbocycles. The van der Waals surface area contributed by atoms with Crippen LogP contribution in [0.3, 0.4) is 0 Å². The molecule has 0 saturated carbocycles. The highest BCUT2D eigenvalue weighted by molar-refractivity contribution is 7.09. The summed E-state index contributed by atoms with van der Waals surface area (Å²) < 4.78 is 16.1. The zero-order chi connectivity index (χ0) is 24.9. The number of piperidine rings is 1. The highest BCUT2D eigenvalue weighted by Gasteiger charge is 2.24. The minimum Gasteiger partial charge on any atom is -0.496 e. The monoisotopic (exact) mass is 515 g/mol. The fourth-order valence-electron chi connectivity index (χ4n) is 4.31. The largest absolute Gasteiger partial charge is 0.496 e. The lowest BCUT2D eigenvalue weighted by Gasteiger charge is -2.30. The van der Waals surface area contributed by atoms with Gasteiger partial charge in [-0.15, -0.1) is 0 Å². The minimum atomic E-state index is -0.684. The van der Waals surface area contributed by atoms with Gasteiger partial charge in [-0.05, 0) is 87.6 Å². The lowest BCUT2D eigenvalue weighted by molar-refractivity contribution is -0.143. The quantitative estimate of drug-likeness (QED) is 0.393. The standard InChI is InChI=1S/C26H30ClN3O4S/c1-16(2)34-22-8-7-19(15-21(22)27)25-28-24(29-35-25)20-6-4-5-17(23(20)33-3)9-12-30-13-10-18(11-14-30)26(31)32/h4-8,15-16,18H,9-14H2,1-3H3,(H,31,32). The summed E-state index contributed by atoms with van der Waals surface area (Å²) in [7, 11) is 1.67. The van der Waals surface area contributed by atoms with Crippen LogP contribution in [0.1, 0.15) is 32.3 Å². The number of ether oxygens (including phenoxy) is 2. The molecule has 1 fully saturated rings. The van der Waals surface area contributed by atoms with E-state index >= 15 is 0 Å². The van der Waals surface area contributed by atoms with E-state index in [1.54, 1.807) is 7.11 Å². The Bertz CT molecular complexity index is 1180. The average Bonchev–Trinajstić information content (AvgIpc) is 3.34. The predicted molar refractivity (Wildman–Crippen MR) is 139 cm³/mol. The third-order valence-electron chi connectivity index (χ3n) is 6.14. The molecule has 0 radical (unpaired) electrons. The van der Waals surface area contributed by atoms with E-state index in [0.717, 1.165) is 53.5 Å². The van der Waals surface area contributed by atoms with Crippen molar-refractivity contribution in [3.05, 3.63) is 47.0 Å². The molecule has 0 amide bonds. The Morgan fingerprint density at radius 3 is 2.69 bits per heavy atom. The van der Waals surface area contributed by atoms with Gasteiger partial charge in [-0.3, -0.25) is 4.79 Å². The number of aromatic nitrogens is 2. The molecule has 0 spiro atoms. The number of benzene rings is 2. The van der Waals surface area contributed by atoms with Gasteiger partial charge in [0.15, 0.2) is 5.82 Å². The van der Waals surface area contributed by atoms with Crippen LogP contribution < -0.4 is 9.47 Å². The average molecular weight is 516 g/mol. The Hall–Kier alpha value is -2.68. The Morgan fingerprint density at radius 2 is 2.03 bits per heavy atom. The number of hydrogen-bond donors (Lipinski definition) is 1. The highest BCUT2D eigenvalue weighted by atomic mass is 35.5. The Balaban J connectivity index is 1.49. The Morgan fingerprint density at radius 1 is 1.26 bits per heavy atom. The predicted octanol–water partition coefficient (Wildman–Crippen LogP) is 5.66. The van der Waals surface area contributed by atoms with Crippen LogP contribution in [0.15, 0.2) is 36.4 Å². The van der Waals surface area contributed by atoms with Crippen LogP contribution in [-0.2, 0) is 11.2 Å². The second-order valence-corrected chi connectivity index (χ2v) is 10.1. The molecule has 1 aliphatic heterocycles. The van der Waals surface area contributed by atoms with Crippen LogP contribution in [0.5, 0.6) is 11.5 Å². The van der Waals surface area contributed by atoms with Gasteiger partial charge in [0.25, 0.3) is 0 Å². The van der Waals surface area contributed by atoms with Gasteiger partial charge in [0.1, 0.15) is 16.5 Å². The molecule has 3 aromatic rings. The first kappa shape index (κ1) is 25.4. The molecular formula is C26H30ClN3O4S. The summed E-state index contributed by atoms with van der Waals surface area (Å²) in [6.07, 6.45) is 2.25. The van der Waals surface area contributed by atoms with Crippen molar-refractivity contribution in [3.63, 3.8) is 0 Å². The number of methoxy groups -OCH3 is 1. The number of carbonyl (C=O) groups is 1. The lowest BCUT2D eigenvalue weighted by Crippen LogP contribution is -2.37. The first-order chi connectivity index (χ1) is 16.9. The van der Waals surface area contributed by atoms with Crippen molar-refractivity contribution in [2.24, 2.45) is 5.92 Å². The number of rotatable bonds is 9. The second-order valence-electron chi connectivity index (χ2n) is 8.94. The van der Waals surface area contributed by atoms with Crippen molar-refractivity contribution in [1.29, 1.82) is 0 Å². The Labute approximate surface area is 214 Å². The molecule has 1 saturated heterocycles. The molecule has 0 atom stereocenters. The highest BCUT2D eigenvalue weighted by Crippen LogP contribution is 2.36. The van der Waals surface area contributed by atoms with E-state index in [4.69, 9.17) is 26.1 Å². The first-order valence-corrected chi connectivity index (χ1v) is 12.9. The summed E-state index contributed by atoms with van der Waals surface area (Å²) in [5, 5.41) is 10.5. The van der Waals surface area contributed by atoms with E-state index in [-0.39, 0.29) is 12.0 Å². The van der Waals surface area contributed by atoms with Crippen LogP contribution >= 0.6 is 23.1 Å². The van der Waals surface area contributed by atoms with Gasteiger partial charge < -0.3 is 19.5 Å². The maximum atomic E-state index is 11.2. The van der Waals surface area contributed by atoms with E-state index in [1.165, 1.54) is 11.5 Å². The van der Waals surface area contributed by atoms with E-state index < -0.39 is 5.97 Å². The van der Waals surface area contributed by atoms with E-state index in [9.17, 15) is 9.90 Å². The third-order valence-corrected chi connectivity index (χ3v) is 7.20. The van der Waals surface area contributed by atoms with Crippen LogP contribution in [0.25, 0.3) is 22.0 Å². The molecule has 4 rings (SSSR count). The summed E-state index contributed by atoms with van der Waals surface area (Å²) in [6.45, 7) is 6.39. The molecule has 0 unspecified atom stereocenters. The molecule has 0 bridgehead atoms. The summed E-state index contributed by atoms with van der Waals surface area (Å²) in [5.74, 6) is 1.14. The van der Waals surface area contributed by atoms with Crippen molar-refractivity contribution in [3.8, 4) is 33.5 Å². The SMILES string of the molecule is COc1c(CCN2CCC(C(=O)O)CC2)cccc1-c1nsc(-c2ccc(OC(C)C)c(Cl)c2)n1. The Kier molecular flexibility index (Phi) is 8.26. The molecule has 1 aromatic heterocycles. The zero-order valence-electron chi connectivity index (χ0n) is 20.2. The number of aliphatic carboxylic acids is 1. The van der Waals surface area contributed by atoms with Crippen molar-refractivity contribution < 1.29 is 19.4 Å². The number of carboxylic acids is 1. The molecule has 2 heterocycles. The maximum absolute atomic E-state index is 11.2. The van der Waals surface area contributed by atoms with Gasteiger partial charge >= 0.3 is 5.97 Å². The van der Waals surface area contributed by atoms with Crippen molar-refractivity contribution in [1.82, 2.24) is 14.3 Å². The minimum absolute atomic E-state index is 0.0443. The number of carboxylic acid groups (broad SMARTS) is 1. The smallest absolute Gasteiger partial charge is 0.306 e. The van der Waals surface area contributed by atoms with Crippen molar-refractivity contribution in [2.45, 2.75) is 39.2 Å². The van der Waals surface area contributed by atoms with Crippen LogP contribution in [0, 0.1) is 5.92 Å². The van der Waals surface area contributed by atoms with Crippen molar-refractivity contribution in [2.75, 3.05) is 26.7 Å². The number of likely N-dealkylation sites (tertiary alicyclic amines) is 1. The normalized spacial score (nSPS) is 14.9. The number of para-hydroxylation sites is 1. The zero-order valence-corrected chi connectivity index (χ0v) is 21.7. The molecule has 9 heteroatoms. The maximum Gasteiger partial charge on any atom is 0.306 e. The van der Waals surface area contributed by atoms with Crippen LogP contribution in [-0.4, -0.2) is 58.2 Å².